The Hall–Kier alpha value is -2.21. The van der Waals surface area contributed by atoms with E-state index in [-0.39, 0.29) is 5.69 Å². The largest absolute Gasteiger partial charge is 0.476 e. The standard InChI is InChI=1S/C15H20N4O2/c1-12(7-8-13-5-3-2-4-6-13)16-9-10-19-11-14(15(20)21)17-18-19/h2-6,11-12,16H,7-10H2,1H3,(H,20,21). The van der Waals surface area contributed by atoms with Crippen molar-refractivity contribution in [3.05, 3.63) is 47.8 Å². The Morgan fingerprint density at radius 2 is 2.14 bits per heavy atom. The number of carboxylic acid groups (broad SMARTS) is 1. The van der Waals surface area contributed by atoms with Crippen LogP contribution in [0.5, 0.6) is 0 Å². The van der Waals surface area contributed by atoms with Gasteiger partial charge in [-0.05, 0) is 25.3 Å². The molecule has 1 unspecified atom stereocenters. The van der Waals surface area contributed by atoms with Gasteiger partial charge in [0.1, 0.15) is 0 Å². The molecule has 1 aromatic heterocycles. The Labute approximate surface area is 123 Å². The van der Waals surface area contributed by atoms with Gasteiger partial charge in [-0.3, -0.25) is 4.68 Å². The van der Waals surface area contributed by atoms with Crippen LogP contribution in [-0.4, -0.2) is 38.7 Å². The highest BCUT2D eigenvalue weighted by Crippen LogP contribution is 2.04. The fourth-order valence-electron chi connectivity index (χ4n) is 2.06. The number of carbonyl (C=O) groups is 1. The van der Waals surface area contributed by atoms with Crippen molar-refractivity contribution < 1.29 is 9.90 Å². The van der Waals surface area contributed by atoms with Gasteiger partial charge in [0.25, 0.3) is 0 Å². The van der Waals surface area contributed by atoms with Crippen molar-refractivity contribution in [1.29, 1.82) is 0 Å². The molecule has 6 nitrogen and oxygen atoms in total. The lowest BCUT2D eigenvalue weighted by Crippen LogP contribution is -2.30. The first kappa shape index (κ1) is 15.2. The minimum Gasteiger partial charge on any atom is -0.476 e. The SMILES string of the molecule is CC(CCc1ccccc1)NCCn1cc(C(=O)O)nn1. The van der Waals surface area contributed by atoms with Crippen LogP contribution in [0, 0.1) is 0 Å². The molecule has 0 aliphatic rings. The van der Waals surface area contributed by atoms with E-state index < -0.39 is 5.97 Å². The number of nitrogens with zero attached hydrogens (tertiary/aromatic N) is 3. The van der Waals surface area contributed by atoms with Crippen LogP contribution in [0.15, 0.2) is 36.5 Å². The molecule has 0 amide bonds. The van der Waals surface area contributed by atoms with Gasteiger partial charge in [-0.1, -0.05) is 35.5 Å². The van der Waals surface area contributed by atoms with Gasteiger partial charge in [0.05, 0.1) is 12.7 Å². The summed E-state index contributed by atoms with van der Waals surface area (Å²) < 4.78 is 1.54. The number of carboxylic acids is 1. The molecule has 0 saturated heterocycles. The quantitative estimate of drug-likeness (QED) is 0.771. The monoisotopic (exact) mass is 288 g/mol. The normalized spacial score (nSPS) is 12.2. The number of nitrogens with one attached hydrogen (secondary N) is 1. The lowest BCUT2D eigenvalue weighted by atomic mass is 10.1. The van der Waals surface area contributed by atoms with Gasteiger partial charge in [-0.2, -0.15) is 0 Å². The Bertz CT molecular complexity index is 568. The van der Waals surface area contributed by atoms with E-state index in [4.69, 9.17) is 5.11 Å². The molecule has 0 aliphatic heterocycles. The molecule has 0 radical (unpaired) electrons. The molecule has 1 heterocycles. The zero-order chi connectivity index (χ0) is 15.1. The van der Waals surface area contributed by atoms with Gasteiger partial charge in [0, 0.05) is 12.6 Å². The summed E-state index contributed by atoms with van der Waals surface area (Å²) in [4.78, 5) is 10.7. The molecular formula is C15H20N4O2. The van der Waals surface area contributed by atoms with Gasteiger partial charge >= 0.3 is 5.97 Å². The zero-order valence-corrected chi connectivity index (χ0v) is 12.1. The highest BCUT2D eigenvalue weighted by molar-refractivity contribution is 5.84. The minimum absolute atomic E-state index is 0.0212. The zero-order valence-electron chi connectivity index (χ0n) is 12.1. The summed E-state index contributed by atoms with van der Waals surface area (Å²) in [6, 6.07) is 10.8. The molecule has 21 heavy (non-hydrogen) atoms. The highest BCUT2D eigenvalue weighted by Gasteiger charge is 2.08. The van der Waals surface area contributed by atoms with E-state index in [1.54, 1.807) is 4.68 Å². The van der Waals surface area contributed by atoms with Crippen molar-refractivity contribution in [3.8, 4) is 0 Å². The van der Waals surface area contributed by atoms with Crippen LogP contribution in [0.2, 0.25) is 0 Å². The van der Waals surface area contributed by atoms with E-state index in [0.717, 1.165) is 19.4 Å². The maximum atomic E-state index is 10.7. The number of hydrogen-bond donors (Lipinski definition) is 2. The predicted molar refractivity (Wildman–Crippen MR) is 79.2 cm³/mol. The van der Waals surface area contributed by atoms with Crippen LogP contribution < -0.4 is 5.32 Å². The first-order valence-electron chi connectivity index (χ1n) is 7.06. The molecule has 2 N–H and O–H groups in total. The van der Waals surface area contributed by atoms with Crippen LogP contribution in [0.3, 0.4) is 0 Å². The summed E-state index contributed by atoms with van der Waals surface area (Å²) in [6.07, 6.45) is 3.54. The molecule has 0 bridgehead atoms. The van der Waals surface area contributed by atoms with Crippen molar-refractivity contribution >= 4 is 5.97 Å². The number of benzene rings is 1. The molecule has 6 heteroatoms. The number of hydrogen-bond acceptors (Lipinski definition) is 4. The average Bonchev–Trinajstić information content (AvgIpc) is 2.95. The first-order chi connectivity index (χ1) is 10.1. The molecule has 112 valence electrons. The Kier molecular flexibility index (Phi) is 5.45. The summed E-state index contributed by atoms with van der Waals surface area (Å²) in [7, 11) is 0. The molecule has 0 fully saturated rings. The molecule has 2 aromatic rings. The molecule has 0 aliphatic carbocycles. The lowest BCUT2D eigenvalue weighted by Gasteiger charge is -2.13. The van der Waals surface area contributed by atoms with Gasteiger partial charge in [-0.15, -0.1) is 5.10 Å². The first-order valence-corrected chi connectivity index (χ1v) is 7.06. The number of aryl methyl sites for hydroxylation is 1. The summed E-state index contributed by atoms with van der Waals surface area (Å²) in [5.41, 5.74) is 1.32. The maximum Gasteiger partial charge on any atom is 0.358 e. The maximum absolute atomic E-state index is 10.7. The van der Waals surface area contributed by atoms with E-state index in [1.807, 2.05) is 6.07 Å². The van der Waals surface area contributed by atoms with Gasteiger partial charge in [0.15, 0.2) is 5.69 Å². The van der Waals surface area contributed by atoms with Crippen molar-refractivity contribution in [2.24, 2.45) is 0 Å². The van der Waals surface area contributed by atoms with E-state index in [0.29, 0.717) is 12.6 Å². The van der Waals surface area contributed by atoms with Crippen LogP contribution in [0.25, 0.3) is 0 Å². The predicted octanol–water partition coefficient (Wildman–Crippen LogP) is 1.59. The topological polar surface area (TPSA) is 80.0 Å². The van der Waals surface area contributed by atoms with Crippen molar-refractivity contribution in [3.63, 3.8) is 0 Å². The average molecular weight is 288 g/mol. The molecule has 1 atom stereocenters. The second-order valence-electron chi connectivity index (χ2n) is 5.05. The van der Waals surface area contributed by atoms with E-state index in [2.05, 4.69) is 46.8 Å². The summed E-state index contributed by atoms with van der Waals surface area (Å²) in [5.74, 6) is -1.05. The third-order valence-corrected chi connectivity index (χ3v) is 3.30. The summed E-state index contributed by atoms with van der Waals surface area (Å²) in [5, 5.41) is 19.5. The Morgan fingerprint density at radius 3 is 2.81 bits per heavy atom. The van der Waals surface area contributed by atoms with Crippen LogP contribution in [0.1, 0.15) is 29.4 Å². The molecule has 0 saturated carbocycles. The molecular weight excluding hydrogens is 268 g/mol. The van der Waals surface area contributed by atoms with Gasteiger partial charge < -0.3 is 10.4 Å². The summed E-state index contributed by atoms with van der Waals surface area (Å²) in [6.45, 7) is 3.49. The fourth-order valence-corrected chi connectivity index (χ4v) is 2.06. The number of aromatic carboxylic acids is 1. The van der Waals surface area contributed by atoms with Gasteiger partial charge in [0.2, 0.25) is 0 Å². The smallest absolute Gasteiger partial charge is 0.358 e. The van der Waals surface area contributed by atoms with E-state index in [1.165, 1.54) is 11.8 Å². The minimum atomic E-state index is -1.05. The third-order valence-electron chi connectivity index (χ3n) is 3.30. The number of aromatic nitrogens is 3. The lowest BCUT2D eigenvalue weighted by molar-refractivity contribution is 0.0690. The second kappa shape index (κ2) is 7.54. The van der Waals surface area contributed by atoms with E-state index >= 15 is 0 Å². The molecule has 1 aromatic carbocycles. The van der Waals surface area contributed by atoms with Crippen LogP contribution in [-0.2, 0) is 13.0 Å². The third kappa shape index (κ3) is 5.00. The Morgan fingerprint density at radius 1 is 1.38 bits per heavy atom. The van der Waals surface area contributed by atoms with Crippen molar-refractivity contribution in [1.82, 2.24) is 20.3 Å². The highest BCUT2D eigenvalue weighted by atomic mass is 16.4. The fraction of sp³-hybridized carbons (Fsp3) is 0.400. The molecule has 0 spiro atoms. The van der Waals surface area contributed by atoms with E-state index in [9.17, 15) is 4.79 Å². The summed E-state index contributed by atoms with van der Waals surface area (Å²) >= 11 is 0. The van der Waals surface area contributed by atoms with Crippen molar-refractivity contribution in [2.45, 2.75) is 32.4 Å². The van der Waals surface area contributed by atoms with Crippen LogP contribution >= 0.6 is 0 Å². The van der Waals surface area contributed by atoms with Gasteiger partial charge in [-0.25, -0.2) is 4.79 Å². The van der Waals surface area contributed by atoms with Crippen molar-refractivity contribution in [2.75, 3.05) is 6.54 Å². The second-order valence-corrected chi connectivity index (χ2v) is 5.05. The molecule has 2 rings (SSSR count). The van der Waals surface area contributed by atoms with Crippen LogP contribution in [0.4, 0.5) is 0 Å². The Balaban J connectivity index is 1.66. The number of rotatable bonds is 8.